The maximum atomic E-state index is 12.7. The van der Waals surface area contributed by atoms with Gasteiger partial charge in [0.2, 0.25) is 0 Å². The highest BCUT2D eigenvalue weighted by Crippen LogP contribution is 2.26. The van der Waals surface area contributed by atoms with Gasteiger partial charge in [-0.2, -0.15) is 5.10 Å². The fourth-order valence-corrected chi connectivity index (χ4v) is 3.90. The third-order valence-electron chi connectivity index (χ3n) is 4.28. The molecular formula is C20H16N2O3S. The zero-order valence-electron chi connectivity index (χ0n) is 14.1. The molecule has 2 aromatic carbocycles. The number of carbonyl (C=O) groups is 1. The fourth-order valence-electron chi connectivity index (χ4n) is 2.96. The van der Waals surface area contributed by atoms with Gasteiger partial charge in [-0.15, -0.1) is 11.3 Å². The Morgan fingerprint density at radius 3 is 2.54 bits per heavy atom. The van der Waals surface area contributed by atoms with Crippen LogP contribution in [-0.2, 0) is 17.9 Å². The van der Waals surface area contributed by atoms with Crippen molar-refractivity contribution in [3.05, 3.63) is 75.5 Å². The lowest BCUT2D eigenvalue weighted by molar-refractivity contribution is 0.0467. The standard InChI is InChI=1S/C20H16N2O3S/c1-2-22-19(23)16-9-4-3-8-15(16)18(21-22)20(24)25-11-13-12-26-17-10-6-5-7-14(13)17/h3-10,12H,2,11H2,1H3. The van der Waals surface area contributed by atoms with Crippen LogP contribution >= 0.6 is 11.3 Å². The molecule has 4 aromatic rings. The van der Waals surface area contributed by atoms with Crippen LogP contribution in [0.3, 0.4) is 0 Å². The van der Waals surface area contributed by atoms with Crippen molar-refractivity contribution < 1.29 is 9.53 Å². The average molecular weight is 364 g/mol. The third kappa shape index (κ3) is 2.78. The van der Waals surface area contributed by atoms with E-state index >= 15 is 0 Å². The van der Waals surface area contributed by atoms with Crippen LogP contribution in [-0.4, -0.2) is 15.7 Å². The average Bonchev–Trinajstić information content (AvgIpc) is 3.10. The number of hydrogen-bond donors (Lipinski definition) is 0. The Bertz CT molecular complexity index is 1180. The van der Waals surface area contributed by atoms with Gasteiger partial charge in [-0.3, -0.25) is 4.79 Å². The van der Waals surface area contributed by atoms with Crippen molar-refractivity contribution in [2.45, 2.75) is 20.1 Å². The van der Waals surface area contributed by atoms with Crippen molar-refractivity contribution in [2.75, 3.05) is 0 Å². The van der Waals surface area contributed by atoms with E-state index in [9.17, 15) is 9.59 Å². The van der Waals surface area contributed by atoms with E-state index < -0.39 is 5.97 Å². The maximum absolute atomic E-state index is 12.7. The van der Waals surface area contributed by atoms with Gasteiger partial charge in [0, 0.05) is 22.2 Å². The van der Waals surface area contributed by atoms with Crippen molar-refractivity contribution in [3.63, 3.8) is 0 Å². The molecule has 0 spiro atoms. The highest BCUT2D eigenvalue weighted by molar-refractivity contribution is 7.17. The van der Waals surface area contributed by atoms with Gasteiger partial charge in [0.25, 0.3) is 5.56 Å². The van der Waals surface area contributed by atoms with Gasteiger partial charge in [0.15, 0.2) is 5.69 Å². The quantitative estimate of drug-likeness (QED) is 0.514. The SMILES string of the molecule is CCn1nc(C(=O)OCc2csc3ccccc23)c2ccccc2c1=O. The summed E-state index contributed by atoms with van der Waals surface area (Å²) < 4.78 is 7.96. The first kappa shape index (κ1) is 16.5. The molecule has 0 saturated carbocycles. The number of carbonyl (C=O) groups excluding carboxylic acids is 1. The summed E-state index contributed by atoms with van der Waals surface area (Å²) in [5, 5.41) is 8.28. The molecule has 0 atom stereocenters. The second-order valence-corrected chi connectivity index (χ2v) is 6.76. The molecule has 130 valence electrons. The minimum absolute atomic E-state index is 0.168. The van der Waals surface area contributed by atoms with Gasteiger partial charge in [-0.1, -0.05) is 36.4 Å². The van der Waals surface area contributed by atoms with Crippen LogP contribution in [0.15, 0.2) is 58.7 Å². The Morgan fingerprint density at radius 1 is 1.08 bits per heavy atom. The number of rotatable bonds is 4. The molecule has 0 aliphatic rings. The predicted molar refractivity (Wildman–Crippen MR) is 103 cm³/mol. The van der Waals surface area contributed by atoms with Crippen molar-refractivity contribution >= 4 is 38.2 Å². The number of esters is 1. The lowest BCUT2D eigenvalue weighted by Gasteiger charge is -2.09. The molecule has 0 aliphatic heterocycles. The van der Waals surface area contributed by atoms with E-state index in [4.69, 9.17) is 4.74 Å². The topological polar surface area (TPSA) is 61.2 Å². The first-order valence-corrected chi connectivity index (χ1v) is 9.19. The van der Waals surface area contributed by atoms with Crippen molar-refractivity contribution in [1.29, 1.82) is 0 Å². The van der Waals surface area contributed by atoms with E-state index in [0.717, 1.165) is 15.6 Å². The summed E-state index contributed by atoms with van der Waals surface area (Å²) in [6.45, 7) is 2.37. The summed E-state index contributed by atoms with van der Waals surface area (Å²) in [4.78, 5) is 25.0. The summed E-state index contributed by atoms with van der Waals surface area (Å²) in [7, 11) is 0. The second kappa shape index (κ2) is 6.72. The number of hydrogen-bond acceptors (Lipinski definition) is 5. The van der Waals surface area contributed by atoms with E-state index in [-0.39, 0.29) is 17.9 Å². The zero-order valence-corrected chi connectivity index (χ0v) is 15.0. The Labute approximate surface area is 153 Å². The molecule has 0 bridgehead atoms. The van der Waals surface area contributed by atoms with Crippen molar-refractivity contribution in [1.82, 2.24) is 9.78 Å². The van der Waals surface area contributed by atoms with Crippen LogP contribution in [0.2, 0.25) is 0 Å². The zero-order chi connectivity index (χ0) is 18.1. The van der Waals surface area contributed by atoms with E-state index in [1.165, 1.54) is 4.68 Å². The normalized spacial score (nSPS) is 11.1. The van der Waals surface area contributed by atoms with E-state index in [2.05, 4.69) is 5.10 Å². The molecule has 5 nitrogen and oxygen atoms in total. The van der Waals surface area contributed by atoms with Gasteiger partial charge < -0.3 is 4.74 Å². The molecule has 2 aromatic heterocycles. The molecule has 0 radical (unpaired) electrons. The Morgan fingerprint density at radius 2 is 1.77 bits per heavy atom. The van der Waals surface area contributed by atoms with Crippen molar-refractivity contribution in [3.8, 4) is 0 Å². The highest BCUT2D eigenvalue weighted by Gasteiger charge is 2.18. The molecule has 0 unspecified atom stereocenters. The van der Waals surface area contributed by atoms with E-state index in [1.54, 1.807) is 35.6 Å². The van der Waals surface area contributed by atoms with Crippen LogP contribution in [0.4, 0.5) is 0 Å². The largest absolute Gasteiger partial charge is 0.456 e. The molecule has 0 fully saturated rings. The molecule has 0 N–H and O–H groups in total. The smallest absolute Gasteiger partial charge is 0.359 e. The highest BCUT2D eigenvalue weighted by atomic mass is 32.1. The molecule has 2 heterocycles. The van der Waals surface area contributed by atoms with Crippen LogP contribution in [0, 0.1) is 0 Å². The number of benzene rings is 2. The minimum Gasteiger partial charge on any atom is -0.456 e. The first-order valence-electron chi connectivity index (χ1n) is 8.31. The third-order valence-corrected chi connectivity index (χ3v) is 5.29. The van der Waals surface area contributed by atoms with Gasteiger partial charge >= 0.3 is 5.97 Å². The van der Waals surface area contributed by atoms with Crippen molar-refractivity contribution in [2.24, 2.45) is 0 Å². The van der Waals surface area contributed by atoms with Gasteiger partial charge in [0.1, 0.15) is 6.61 Å². The van der Waals surface area contributed by atoms with Crippen LogP contribution in [0.5, 0.6) is 0 Å². The minimum atomic E-state index is -0.529. The van der Waals surface area contributed by atoms with E-state index in [1.807, 2.05) is 36.6 Å². The maximum Gasteiger partial charge on any atom is 0.359 e. The summed E-state index contributed by atoms with van der Waals surface area (Å²) >= 11 is 1.62. The molecule has 0 amide bonds. The summed E-state index contributed by atoms with van der Waals surface area (Å²) in [5.74, 6) is -0.529. The molecule has 0 saturated heterocycles. The number of fused-ring (bicyclic) bond motifs is 2. The predicted octanol–water partition coefficient (Wildman–Crippen LogP) is 3.99. The Hall–Kier alpha value is -2.99. The molecule has 4 rings (SSSR count). The van der Waals surface area contributed by atoms with E-state index in [0.29, 0.717) is 17.3 Å². The van der Waals surface area contributed by atoms with Gasteiger partial charge in [-0.05, 0) is 29.8 Å². The molecule has 26 heavy (non-hydrogen) atoms. The fraction of sp³-hybridized carbons (Fsp3) is 0.150. The van der Waals surface area contributed by atoms with Crippen LogP contribution in [0.25, 0.3) is 20.9 Å². The molecule has 6 heteroatoms. The van der Waals surface area contributed by atoms with Gasteiger partial charge in [0.05, 0.1) is 5.39 Å². The number of ether oxygens (including phenoxy) is 1. The summed E-state index contributed by atoms with van der Waals surface area (Å²) in [6.07, 6.45) is 0. The summed E-state index contributed by atoms with van der Waals surface area (Å²) in [6, 6.07) is 15.0. The van der Waals surface area contributed by atoms with Crippen LogP contribution < -0.4 is 5.56 Å². The molecule has 0 aliphatic carbocycles. The van der Waals surface area contributed by atoms with Crippen LogP contribution in [0.1, 0.15) is 23.0 Å². The lowest BCUT2D eigenvalue weighted by Crippen LogP contribution is -2.25. The van der Waals surface area contributed by atoms with Gasteiger partial charge in [-0.25, -0.2) is 9.48 Å². The summed E-state index contributed by atoms with van der Waals surface area (Å²) in [5.41, 5.74) is 0.928. The number of aryl methyl sites for hydroxylation is 1. The Balaban J connectivity index is 1.68. The Kier molecular flexibility index (Phi) is 4.26. The monoisotopic (exact) mass is 364 g/mol. The number of aromatic nitrogens is 2. The first-order chi connectivity index (χ1) is 12.7. The number of thiophene rings is 1. The molecular weight excluding hydrogens is 348 g/mol. The second-order valence-electron chi connectivity index (χ2n) is 5.85. The number of nitrogens with zero attached hydrogens (tertiary/aromatic N) is 2. The lowest BCUT2D eigenvalue weighted by atomic mass is 10.1.